The first kappa shape index (κ1) is 15.8. The van der Waals surface area contributed by atoms with Gasteiger partial charge in [0.05, 0.1) is 34.3 Å². The summed E-state index contributed by atoms with van der Waals surface area (Å²) < 4.78 is 17.9. The van der Waals surface area contributed by atoms with Gasteiger partial charge >= 0.3 is 0 Å². The van der Waals surface area contributed by atoms with Crippen LogP contribution in [0.25, 0.3) is 0 Å². The number of nitrogens with two attached hydrogens (primary N) is 1. The fourth-order valence-corrected chi connectivity index (χ4v) is 3.56. The van der Waals surface area contributed by atoms with Crippen molar-refractivity contribution in [1.29, 1.82) is 0 Å². The highest BCUT2D eigenvalue weighted by Gasteiger charge is 2.15. The van der Waals surface area contributed by atoms with Gasteiger partial charge in [0.15, 0.2) is 0 Å². The van der Waals surface area contributed by atoms with Gasteiger partial charge in [-0.3, -0.25) is 9.19 Å². The molecule has 1 aromatic carbocycles. The van der Waals surface area contributed by atoms with Crippen molar-refractivity contribution in [2.24, 2.45) is 0 Å². The van der Waals surface area contributed by atoms with E-state index in [1.165, 1.54) is 0 Å². The maximum Gasteiger partial charge on any atom is 0.128 e. The Morgan fingerprint density at radius 3 is 2.71 bits per heavy atom. The molecule has 0 amide bonds. The number of nitrogen functional groups attached to an aromatic ring is 1. The molecule has 0 spiro atoms. The van der Waals surface area contributed by atoms with Crippen LogP contribution in [0.2, 0.25) is 5.02 Å². The Balaban J connectivity index is 2.32. The lowest BCUT2D eigenvalue weighted by molar-refractivity contribution is 0.407. The summed E-state index contributed by atoms with van der Waals surface area (Å²) in [7, 11) is 0.335. The van der Waals surface area contributed by atoms with E-state index < -0.39 is 10.8 Å². The molecule has 1 unspecified atom stereocenters. The molecule has 0 radical (unpaired) electrons. The van der Waals surface area contributed by atoms with Crippen molar-refractivity contribution in [2.45, 2.75) is 24.5 Å². The van der Waals surface area contributed by atoms with Crippen molar-refractivity contribution in [3.8, 4) is 5.75 Å². The number of methoxy groups -OCH3 is 1. The summed E-state index contributed by atoms with van der Waals surface area (Å²) in [6.45, 7) is 3.84. The summed E-state index contributed by atoms with van der Waals surface area (Å²) in [5.41, 5.74) is 8.90. The number of ether oxygens (including phenoxy) is 1. The van der Waals surface area contributed by atoms with Crippen molar-refractivity contribution < 1.29 is 8.95 Å². The van der Waals surface area contributed by atoms with Gasteiger partial charge in [0.2, 0.25) is 0 Å². The Morgan fingerprint density at radius 2 is 2.10 bits per heavy atom. The van der Waals surface area contributed by atoms with Crippen LogP contribution in [0.1, 0.15) is 16.8 Å². The molecular formula is C15H17ClN2O2S. The SMILES string of the molecule is COc1c(C)cnc(CS(=O)c2ccc(Cl)cc2N)c1C. The molecule has 2 N–H and O–H groups in total. The fraction of sp³-hybridized carbons (Fsp3) is 0.267. The molecule has 0 saturated carbocycles. The van der Waals surface area contributed by atoms with Gasteiger partial charge in [-0.25, -0.2) is 0 Å². The molecule has 1 aromatic heterocycles. The minimum Gasteiger partial charge on any atom is -0.496 e. The van der Waals surface area contributed by atoms with Crippen LogP contribution in [0, 0.1) is 13.8 Å². The van der Waals surface area contributed by atoms with Gasteiger partial charge in [0, 0.05) is 28.0 Å². The van der Waals surface area contributed by atoms with Crippen LogP contribution in [0.3, 0.4) is 0 Å². The van der Waals surface area contributed by atoms with Crippen LogP contribution in [0.5, 0.6) is 5.75 Å². The van der Waals surface area contributed by atoms with E-state index >= 15 is 0 Å². The second kappa shape index (κ2) is 6.45. The lowest BCUT2D eigenvalue weighted by atomic mass is 10.1. The van der Waals surface area contributed by atoms with Crippen LogP contribution >= 0.6 is 11.6 Å². The minimum absolute atomic E-state index is 0.286. The van der Waals surface area contributed by atoms with Crippen molar-refractivity contribution in [3.63, 3.8) is 0 Å². The minimum atomic E-state index is -1.28. The van der Waals surface area contributed by atoms with Crippen molar-refractivity contribution in [2.75, 3.05) is 12.8 Å². The van der Waals surface area contributed by atoms with Gasteiger partial charge in [-0.15, -0.1) is 0 Å². The normalized spacial score (nSPS) is 12.2. The first-order valence-corrected chi connectivity index (χ1v) is 8.06. The number of hydrogen-bond acceptors (Lipinski definition) is 4. The molecular weight excluding hydrogens is 308 g/mol. The molecule has 0 fully saturated rings. The van der Waals surface area contributed by atoms with Crippen molar-refractivity contribution in [3.05, 3.63) is 46.2 Å². The molecule has 6 heteroatoms. The zero-order valence-corrected chi connectivity index (χ0v) is 13.7. The molecule has 1 heterocycles. The van der Waals surface area contributed by atoms with E-state index in [1.807, 2.05) is 13.8 Å². The Morgan fingerprint density at radius 1 is 1.38 bits per heavy atom. The number of aryl methyl sites for hydroxylation is 1. The average Bonchev–Trinajstić information content (AvgIpc) is 2.42. The molecule has 112 valence electrons. The van der Waals surface area contributed by atoms with Gasteiger partial charge in [0.25, 0.3) is 0 Å². The molecule has 0 saturated heterocycles. The summed E-state index contributed by atoms with van der Waals surface area (Å²) in [5, 5.41) is 0.527. The van der Waals surface area contributed by atoms with E-state index in [9.17, 15) is 4.21 Å². The molecule has 0 aliphatic carbocycles. The standard InChI is InChI=1S/C15H17ClN2O2S/c1-9-7-18-13(10(2)15(9)20-3)8-21(19)14-5-4-11(16)6-12(14)17/h4-7H,8,17H2,1-3H3. The number of halogens is 1. The lowest BCUT2D eigenvalue weighted by Gasteiger charge is -2.12. The Kier molecular flexibility index (Phi) is 4.85. The van der Waals surface area contributed by atoms with E-state index in [0.717, 1.165) is 22.6 Å². The number of hydrogen-bond donors (Lipinski definition) is 1. The molecule has 0 bridgehead atoms. The number of pyridine rings is 1. The van der Waals surface area contributed by atoms with Crippen molar-refractivity contribution >= 4 is 28.1 Å². The van der Waals surface area contributed by atoms with E-state index in [2.05, 4.69) is 4.98 Å². The highest BCUT2D eigenvalue weighted by molar-refractivity contribution is 7.84. The summed E-state index contributed by atoms with van der Waals surface area (Å²) in [6, 6.07) is 4.97. The molecule has 0 aliphatic rings. The van der Waals surface area contributed by atoms with Crippen LogP contribution in [-0.2, 0) is 16.6 Å². The van der Waals surface area contributed by atoms with E-state index in [4.69, 9.17) is 22.1 Å². The van der Waals surface area contributed by atoms with Gasteiger partial charge in [-0.2, -0.15) is 0 Å². The quantitative estimate of drug-likeness (QED) is 0.877. The van der Waals surface area contributed by atoms with Crippen molar-refractivity contribution in [1.82, 2.24) is 4.98 Å². The Bertz CT molecular complexity index is 704. The lowest BCUT2D eigenvalue weighted by Crippen LogP contribution is -2.05. The summed E-state index contributed by atoms with van der Waals surface area (Å²) in [5.74, 6) is 1.06. The summed E-state index contributed by atoms with van der Waals surface area (Å²) in [4.78, 5) is 4.93. The number of aromatic nitrogens is 1. The molecule has 2 aromatic rings. The Hall–Kier alpha value is -1.59. The Labute approximate surface area is 131 Å². The molecule has 21 heavy (non-hydrogen) atoms. The van der Waals surface area contributed by atoms with E-state index in [0.29, 0.717) is 15.6 Å². The number of benzene rings is 1. The third-order valence-electron chi connectivity index (χ3n) is 3.23. The number of anilines is 1. The molecule has 4 nitrogen and oxygen atoms in total. The summed E-state index contributed by atoms with van der Waals surface area (Å²) in [6.07, 6.45) is 1.73. The van der Waals surface area contributed by atoms with Gasteiger partial charge in [0.1, 0.15) is 5.75 Å². The van der Waals surface area contributed by atoms with Gasteiger partial charge in [-0.05, 0) is 32.0 Å². The smallest absolute Gasteiger partial charge is 0.128 e. The van der Waals surface area contributed by atoms with Crippen LogP contribution in [0.4, 0.5) is 5.69 Å². The van der Waals surface area contributed by atoms with E-state index in [1.54, 1.807) is 31.5 Å². The third kappa shape index (κ3) is 3.36. The van der Waals surface area contributed by atoms with Crippen LogP contribution in [-0.4, -0.2) is 16.3 Å². The predicted octanol–water partition coefficient (Wildman–Crippen LogP) is 3.25. The number of nitrogens with zero attached hydrogens (tertiary/aromatic N) is 1. The molecule has 1 atom stereocenters. The predicted molar refractivity (Wildman–Crippen MR) is 86.2 cm³/mol. The maximum atomic E-state index is 12.5. The highest BCUT2D eigenvalue weighted by atomic mass is 35.5. The molecule has 2 rings (SSSR count). The van der Waals surface area contributed by atoms with Crippen LogP contribution in [0.15, 0.2) is 29.3 Å². The second-order valence-corrected chi connectivity index (χ2v) is 6.57. The first-order valence-electron chi connectivity index (χ1n) is 6.36. The zero-order chi connectivity index (χ0) is 15.6. The second-order valence-electron chi connectivity index (χ2n) is 4.72. The topological polar surface area (TPSA) is 65.2 Å². The highest BCUT2D eigenvalue weighted by Crippen LogP contribution is 2.27. The average molecular weight is 325 g/mol. The van der Waals surface area contributed by atoms with E-state index in [-0.39, 0.29) is 5.75 Å². The zero-order valence-electron chi connectivity index (χ0n) is 12.1. The van der Waals surface area contributed by atoms with Gasteiger partial charge in [-0.1, -0.05) is 11.6 Å². The fourth-order valence-electron chi connectivity index (χ4n) is 2.15. The molecule has 0 aliphatic heterocycles. The first-order chi connectivity index (χ1) is 9.93. The number of rotatable bonds is 4. The monoisotopic (exact) mass is 324 g/mol. The maximum absolute atomic E-state index is 12.5. The largest absolute Gasteiger partial charge is 0.496 e. The summed E-state index contributed by atoms with van der Waals surface area (Å²) >= 11 is 5.86. The van der Waals surface area contributed by atoms with Gasteiger partial charge < -0.3 is 10.5 Å². The third-order valence-corrected chi connectivity index (χ3v) is 4.87. The van der Waals surface area contributed by atoms with Crippen LogP contribution < -0.4 is 10.5 Å².